The maximum absolute atomic E-state index is 10.2. The molecule has 0 radical (unpaired) electrons. The van der Waals surface area contributed by atoms with E-state index in [-0.39, 0.29) is 11.5 Å². The van der Waals surface area contributed by atoms with Crippen molar-refractivity contribution in [3.63, 3.8) is 0 Å². The molecule has 19 heavy (non-hydrogen) atoms. The van der Waals surface area contributed by atoms with Gasteiger partial charge in [0.1, 0.15) is 0 Å². The highest BCUT2D eigenvalue weighted by Gasteiger charge is 2.57. The van der Waals surface area contributed by atoms with Crippen LogP contribution in [0, 0.1) is 17.3 Å². The third kappa shape index (κ3) is 2.84. The van der Waals surface area contributed by atoms with Gasteiger partial charge in [-0.25, -0.2) is 0 Å². The number of hydrogen-bond donors (Lipinski definition) is 2. The zero-order valence-corrected chi connectivity index (χ0v) is 13.0. The summed E-state index contributed by atoms with van der Waals surface area (Å²) in [6.07, 6.45) is 4.78. The molecule has 2 N–H and O–H groups in total. The molecule has 0 bridgehead atoms. The average Bonchev–Trinajstić information content (AvgIpc) is 2.40. The summed E-state index contributed by atoms with van der Waals surface area (Å²) in [4.78, 5) is 0. The summed E-state index contributed by atoms with van der Waals surface area (Å²) in [7, 11) is 0. The smallest absolute Gasteiger partial charge is 0.0692 e. The van der Waals surface area contributed by atoms with E-state index in [0.717, 1.165) is 26.0 Å². The van der Waals surface area contributed by atoms with Crippen molar-refractivity contribution < 1.29 is 9.84 Å². The first-order valence-corrected chi connectivity index (χ1v) is 8.05. The topological polar surface area (TPSA) is 41.5 Å². The Morgan fingerprint density at radius 3 is 2.63 bits per heavy atom. The van der Waals surface area contributed by atoms with Gasteiger partial charge in [0.05, 0.1) is 12.2 Å². The molecule has 1 heterocycles. The second-order valence-corrected chi connectivity index (χ2v) is 6.95. The van der Waals surface area contributed by atoms with E-state index in [4.69, 9.17) is 4.74 Å². The largest absolute Gasteiger partial charge is 0.392 e. The molecule has 1 saturated heterocycles. The van der Waals surface area contributed by atoms with E-state index in [2.05, 4.69) is 33.0 Å². The third-order valence-electron chi connectivity index (χ3n) is 5.47. The minimum absolute atomic E-state index is 0.207. The van der Waals surface area contributed by atoms with E-state index >= 15 is 0 Å². The van der Waals surface area contributed by atoms with E-state index in [0.29, 0.717) is 24.0 Å². The van der Waals surface area contributed by atoms with Crippen LogP contribution in [0.3, 0.4) is 0 Å². The lowest BCUT2D eigenvalue weighted by molar-refractivity contribution is -0.193. The van der Waals surface area contributed by atoms with Gasteiger partial charge in [0.25, 0.3) is 0 Å². The summed E-state index contributed by atoms with van der Waals surface area (Å²) in [5.74, 6) is 1.08. The molecule has 0 spiro atoms. The highest BCUT2D eigenvalue weighted by atomic mass is 16.5. The number of fused-ring (bicyclic) bond motifs is 1. The van der Waals surface area contributed by atoms with Crippen LogP contribution in [0.4, 0.5) is 0 Å². The fourth-order valence-electron chi connectivity index (χ4n) is 4.18. The first-order valence-electron chi connectivity index (χ1n) is 8.05. The molecule has 0 aromatic carbocycles. The van der Waals surface area contributed by atoms with Crippen LogP contribution >= 0.6 is 0 Å². The van der Waals surface area contributed by atoms with Crippen LogP contribution in [0.5, 0.6) is 0 Å². The van der Waals surface area contributed by atoms with E-state index in [9.17, 15) is 5.11 Å². The Morgan fingerprint density at radius 2 is 2.00 bits per heavy atom. The Balaban J connectivity index is 1.85. The van der Waals surface area contributed by atoms with Crippen molar-refractivity contribution in [3.8, 4) is 0 Å². The summed E-state index contributed by atoms with van der Waals surface area (Å²) < 4.78 is 5.92. The minimum atomic E-state index is -0.214. The summed E-state index contributed by atoms with van der Waals surface area (Å²) in [5.41, 5.74) is 0.207. The molecule has 3 heteroatoms. The van der Waals surface area contributed by atoms with Gasteiger partial charge in [-0.1, -0.05) is 40.5 Å². The fourth-order valence-corrected chi connectivity index (χ4v) is 4.18. The number of hydrogen-bond acceptors (Lipinski definition) is 3. The molecule has 2 aliphatic rings. The van der Waals surface area contributed by atoms with Crippen LogP contribution in [-0.2, 0) is 4.74 Å². The van der Waals surface area contributed by atoms with Crippen molar-refractivity contribution >= 4 is 0 Å². The van der Waals surface area contributed by atoms with Crippen molar-refractivity contribution in [2.75, 3.05) is 13.2 Å². The number of aliphatic hydroxyl groups excluding tert-OH is 1. The predicted octanol–water partition coefficient (Wildman–Crippen LogP) is 2.58. The van der Waals surface area contributed by atoms with Gasteiger partial charge in [0, 0.05) is 30.5 Å². The van der Waals surface area contributed by atoms with Crippen molar-refractivity contribution in [3.05, 3.63) is 0 Å². The third-order valence-corrected chi connectivity index (χ3v) is 5.47. The first-order chi connectivity index (χ1) is 9.02. The van der Waals surface area contributed by atoms with Crippen molar-refractivity contribution in [1.29, 1.82) is 0 Å². The van der Waals surface area contributed by atoms with Crippen molar-refractivity contribution in [2.24, 2.45) is 17.3 Å². The number of nitrogens with one attached hydrogen (secondary N) is 1. The van der Waals surface area contributed by atoms with Crippen LogP contribution in [0.1, 0.15) is 53.4 Å². The second-order valence-electron chi connectivity index (χ2n) is 6.95. The number of ether oxygens (including phenoxy) is 1. The normalized spacial score (nSPS) is 34.7. The van der Waals surface area contributed by atoms with Gasteiger partial charge in [-0.3, -0.25) is 0 Å². The summed E-state index contributed by atoms with van der Waals surface area (Å²) >= 11 is 0. The minimum Gasteiger partial charge on any atom is -0.392 e. The highest BCUT2D eigenvalue weighted by Crippen LogP contribution is 2.51. The monoisotopic (exact) mass is 269 g/mol. The Morgan fingerprint density at radius 1 is 1.32 bits per heavy atom. The molecule has 0 amide bonds. The van der Waals surface area contributed by atoms with Crippen molar-refractivity contribution in [1.82, 2.24) is 5.32 Å². The highest BCUT2D eigenvalue weighted by molar-refractivity contribution is 5.10. The summed E-state index contributed by atoms with van der Waals surface area (Å²) in [5, 5.41) is 13.9. The molecule has 1 aliphatic carbocycles. The van der Waals surface area contributed by atoms with E-state index < -0.39 is 0 Å². The second kappa shape index (κ2) is 6.11. The lowest BCUT2D eigenvalue weighted by Gasteiger charge is -2.60. The molecule has 3 nitrogen and oxygen atoms in total. The Bertz CT molecular complexity index is 288. The molecular formula is C16H31NO2. The van der Waals surface area contributed by atoms with Crippen LogP contribution in [-0.4, -0.2) is 36.5 Å². The average molecular weight is 269 g/mol. The van der Waals surface area contributed by atoms with E-state index in [1.807, 2.05) is 0 Å². The zero-order chi connectivity index (χ0) is 14.0. The van der Waals surface area contributed by atoms with Crippen LogP contribution in [0.25, 0.3) is 0 Å². The molecule has 4 unspecified atom stereocenters. The molecule has 1 saturated carbocycles. The molecular weight excluding hydrogens is 238 g/mol. The van der Waals surface area contributed by atoms with Gasteiger partial charge in [0.2, 0.25) is 0 Å². The molecule has 2 rings (SSSR count). The summed E-state index contributed by atoms with van der Waals surface area (Å²) in [6, 6.07) is 0.502. The first kappa shape index (κ1) is 15.3. The van der Waals surface area contributed by atoms with Crippen LogP contribution < -0.4 is 5.32 Å². The van der Waals surface area contributed by atoms with Crippen LogP contribution in [0.15, 0.2) is 0 Å². The SMILES string of the molecule is CCC(CC)C(O)CNC1C2CCCOC2C1(C)C. The fraction of sp³-hybridized carbons (Fsp3) is 1.00. The Labute approximate surface area is 118 Å². The van der Waals surface area contributed by atoms with Gasteiger partial charge < -0.3 is 15.2 Å². The summed E-state index contributed by atoms with van der Waals surface area (Å²) in [6.45, 7) is 10.6. The lowest BCUT2D eigenvalue weighted by Crippen LogP contribution is -2.69. The molecule has 112 valence electrons. The maximum Gasteiger partial charge on any atom is 0.0692 e. The molecule has 2 fully saturated rings. The molecule has 1 aliphatic heterocycles. The maximum atomic E-state index is 10.2. The number of rotatable bonds is 6. The van der Waals surface area contributed by atoms with E-state index in [1.54, 1.807) is 0 Å². The van der Waals surface area contributed by atoms with Gasteiger partial charge in [-0.2, -0.15) is 0 Å². The van der Waals surface area contributed by atoms with Gasteiger partial charge in [0.15, 0.2) is 0 Å². The Hall–Kier alpha value is -0.120. The van der Waals surface area contributed by atoms with Gasteiger partial charge in [-0.05, 0) is 18.8 Å². The van der Waals surface area contributed by atoms with E-state index in [1.165, 1.54) is 12.8 Å². The molecule has 4 atom stereocenters. The molecule has 0 aromatic heterocycles. The quantitative estimate of drug-likeness (QED) is 0.779. The van der Waals surface area contributed by atoms with Gasteiger partial charge in [-0.15, -0.1) is 0 Å². The lowest BCUT2D eigenvalue weighted by atomic mass is 9.55. The van der Waals surface area contributed by atoms with Gasteiger partial charge >= 0.3 is 0 Å². The molecule has 0 aromatic rings. The van der Waals surface area contributed by atoms with Crippen molar-refractivity contribution in [2.45, 2.75) is 71.6 Å². The number of aliphatic hydroxyl groups is 1. The Kier molecular flexibility index (Phi) is 4.91. The predicted molar refractivity (Wildman–Crippen MR) is 78.1 cm³/mol. The standard InChI is InChI=1S/C16H31NO2/c1-5-11(6-2)13(18)10-17-14-12-8-7-9-19-15(12)16(14,3)4/h11-15,17-18H,5-10H2,1-4H3. The van der Waals surface area contributed by atoms with Crippen LogP contribution in [0.2, 0.25) is 0 Å². The zero-order valence-electron chi connectivity index (χ0n) is 13.0.